The van der Waals surface area contributed by atoms with E-state index >= 15 is 0 Å². The summed E-state index contributed by atoms with van der Waals surface area (Å²) in [6, 6.07) is 10.1. The first-order valence-electron chi connectivity index (χ1n) is 6.87. The third kappa shape index (κ3) is 3.60. The molecule has 0 spiro atoms. The molecule has 3 nitrogen and oxygen atoms in total. The van der Waals surface area contributed by atoms with Crippen LogP contribution in [0.25, 0.3) is 0 Å². The molecule has 0 saturated heterocycles. The molecule has 0 unspecified atom stereocenters. The molecule has 3 N–H and O–H groups in total. The molecular weight excluding hydrogens is 267 g/mol. The van der Waals surface area contributed by atoms with Gasteiger partial charge < -0.3 is 11.1 Å². The van der Waals surface area contributed by atoms with Crippen LogP contribution in [0.4, 0.5) is 10.1 Å². The highest BCUT2D eigenvalue weighted by atomic mass is 19.1. The summed E-state index contributed by atoms with van der Waals surface area (Å²) in [5, 5.41) is 2.86. The lowest BCUT2D eigenvalue weighted by Crippen LogP contribution is -2.27. The molecule has 0 saturated carbocycles. The molecule has 0 bridgehead atoms. The lowest BCUT2D eigenvalue weighted by atomic mass is 10.0. The van der Waals surface area contributed by atoms with Gasteiger partial charge in [-0.25, -0.2) is 4.39 Å². The Balaban J connectivity index is 1.99. The van der Waals surface area contributed by atoms with Gasteiger partial charge in [-0.15, -0.1) is 0 Å². The van der Waals surface area contributed by atoms with Crippen molar-refractivity contribution in [1.29, 1.82) is 0 Å². The fraction of sp³-hybridized carbons (Fsp3) is 0.235. The number of benzene rings is 2. The van der Waals surface area contributed by atoms with Gasteiger partial charge in [0.15, 0.2) is 0 Å². The van der Waals surface area contributed by atoms with Crippen molar-refractivity contribution < 1.29 is 9.18 Å². The second-order valence-electron chi connectivity index (χ2n) is 5.12. The summed E-state index contributed by atoms with van der Waals surface area (Å²) in [6.45, 7) is 4.20. The second-order valence-corrected chi connectivity index (χ2v) is 5.12. The molecule has 0 aliphatic carbocycles. The Morgan fingerprint density at radius 2 is 1.95 bits per heavy atom. The quantitative estimate of drug-likeness (QED) is 0.849. The van der Waals surface area contributed by atoms with E-state index in [1.54, 1.807) is 12.1 Å². The number of carbonyl (C=O) groups is 1. The van der Waals surface area contributed by atoms with E-state index in [4.69, 9.17) is 5.73 Å². The number of aryl methyl sites for hydroxylation is 2. The van der Waals surface area contributed by atoms with Crippen LogP contribution in [0.5, 0.6) is 0 Å². The summed E-state index contributed by atoms with van der Waals surface area (Å²) < 4.78 is 13.0. The molecule has 0 radical (unpaired) electrons. The molecule has 0 aliphatic heterocycles. The Morgan fingerprint density at radius 1 is 1.19 bits per heavy atom. The first-order chi connectivity index (χ1) is 9.99. The molecular formula is C17H19FN2O. The number of carbonyl (C=O) groups excluding carboxylic acids is 1. The highest BCUT2D eigenvalue weighted by Gasteiger charge is 2.12. The van der Waals surface area contributed by atoms with Crippen LogP contribution in [-0.2, 0) is 6.42 Å². The first-order valence-corrected chi connectivity index (χ1v) is 6.87. The summed E-state index contributed by atoms with van der Waals surface area (Å²) in [5.74, 6) is -0.418. The van der Waals surface area contributed by atoms with Crippen molar-refractivity contribution in [3.8, 4) is 0 Å². The van der Waals surface area contributed by atoms with Gasteiger partial charge in [0.2, 0.25) is 0 Å². The van der Waals surface area contributed by atoms with Crippen LogP contribution >= 0.6 is 0 Å². The van der Waals surface area contributed by atoms with Crippen molar-refractivity contribution in [2.75, 3.05) is 12.3 Å². The summed E-state index contributed by atoms with van der Waals surface area (Å²) in [4.78, 5) is 12.2. The molecule has 0 heterocycles. The predicted molar refractivity (Wildman–Crippen MR) is 82.8 cm³/mol. The summed E-state index contributed by atoms with van der Waals surface area (Å²) in [5.41, 5.74) is 9.61. The maximum atomic E-state index is 13.0. The van der Waals surface area contributed by atoms with E-state index in [2.05, 4.69) is 5.32 Å². The lowest BCUT2D eigenvalue weighted by Gasteiger charge is -2.11. The van der Waals surface area contributed by atoms with Gasteiger partial charge in [0.25, 0.3) is 5.91 Å². The van der Waals surface area contributed by atoms with Gasteiger partial charge in [0.1, 0.15) is 5.82 Å². The fourth-order valence-electron chi connectivity index (χ4n) is 2.34. The molecule has 110 valence electrons. The van der Waals surface area contributed by atoms with Gasteiger partial charge in [0.05, 0.1) is 5.56 Å². The average molecular weight is 286 g/mol. The molecule has 2 aromatic carbocycles. The maximum Gasteiger partial charge on any atom is 0.253 e. The predicted octanol–water partition coefficient (Wildman–Crippen LogP) is 3.00. The average Bonchev–Trinajstić information content (AvgIpc) is 2.41. The number of halogens is 1. The number of anilines is 1. The highest BCUT2D eigenvalue weighted by molar-refractivity contribution is 6.00. The lowest BCUT2D eigenvalue weighted by molar-refractivity contribution is 0.0954. The molecule has 0 fully saturated rings. The Labute approximate surface area is 124 Å². The van der Waals surface area contributed by atoms with Crippen LogP contribution in [0.1, 0.15) is 27.0 Å². The molecule has 0 aliphatic rings. The molecule has 1 amide bonds. The zero-order valence-electron chi connectivity index (χ0n) is 12.2. The van der Waals surface area contributed by atoms with E-state index in [1.807, 2.05) is 26.0 Å². The standard InChI is InChI=1S/C17H19FN2O/c1-11-4-3-5-15(19)16(11)17(21)20-9-8-13-6-7-14(18)10-12(13)2/h3-7,10H,8-9,19H2,1-2H3,(H,20,21). The van der Waals surface area contributed by atoms with Crippen LogP contribution in [0.2, 0.25) is 0 Å². The minimum absolute atomic E-state index is 0.176. The summed E-state index contributed by atoms with van der Waals surface area (Å²) in [7, 11) is 0. The normalized spacial score (nSPS) is 10.4. The number of nitrogen functional groups attached to an aromatic ring is 1. The Kier molecular flexibility index (Phi) is 4.58. The van der Waals surface area contributed by atoms with Gasteiger partial charge >= 0.3 is 0 Å². The highest BCUT2D eigenvalue weighted by Crippen LogP contribution is 2.16. The van der Waals surface area contributed by atoms with Gasteiger partial charge in [-0.1, -0.05) is 18.2 Å². The van der Waals surface area contributed by atoms with E-state index in [0.29, 0.717) is 24.2 Å². The third-order valence-corrected chi connectivity index (χ3v) is 3.52. The van der Waals surface area contributed by atoms with Crippen LogP contribution in [0.3, 0.4) is 0 Å². The van der Waals surface area contributed by atoms with Crippen molar-refractivity contribution in [2.24, 2.45) is 0 Å². The number of hydrogen-bond acceptors (Lipinski definition) is 2. The Hall–Kier alpha value is -2.36. The van der Waals surface area contributed by atoms with Crippen molar-refractivity contribution in [1.82, 2.24) is 5.32 Å². The third-order valence-electron chi connectivity index (χ3n) is 3.52. The van der Waals surface area contributed by atoms with Crippen LogP contribution < -0.4 is 11.1 Å². The van der Waals surface area contributed by atoms with E-state index in [9.17, 15) is 9.18 Å². The van der Waals surface area contributed by atoms with E-state index in [1.165, 1.54) is 12.1 Å². The fourth-order valence-corrected chi connectivity index (χ4v) is 2.34. The van der Waals surface area contributed by atoms with Gasteiger partial charge in [-0.3, -0.25) is 4.79 Å². The van der Waals surface area contributed by atoms with Crippen LogP contribution in [-0.4, -0.2) is 12.5 Å². The molecule has 2 rings (SSSR count). The number of nitrogens with one attached hydrogen (secondary N) is 1. The molecule has 21 heavy (non-hydrogen) atoms. The Morgan fingerprint density at radius 3 is 2.62 bits per heavy atom. The second kappa shape index (κ2) is 6.39. The molecule has 2 aromatic rings. The van der Waals surface area contributed by atoms with Gasteiger partial charge in [0, 0.05) is 12.2 Å². The zero-order chi connectivity index (χ0) is 15.4. The topological polar surface area (TPSA) is 55.1 Å². The summed E-state index contributed by atoms with van der Waals surface area (Å²) >= 11 is 0. The van der Waals surface area contributed by atoms with Crippen molar-refractivity contribution >= 4 is 11.6 Å². The van der Waals surface area contributed by atoms with E-state index in [-0.39, 0.29) is 11.7 Å². The van der Waals surface area contributed by atoms with E-state index in [0.717, 1.165) is 16.7 Å². The largest absolute Gasteiger partial charge is 0.398 e. The smallest absolute Gasteiger partial charge is 0.253 e. The number of hydrogen-bond donors (Lipinski definition) is 2. The summed E-state index contributed by atoms with van der Waals surface area (Å²) in [6.07, 6.45) is 0.656. The maximum absolute atomic E-state index is 13.0. The molecule has 0 atom stereocenters. The zero-order valence-corrected chi connectivity index (χ0v) is 12.2. The number of nitrogens with two attached hydrogens (primary N) is 1. The first kappa shape index (κ1) is 15.0. The monoisotopic (exact) mass is 286 g/mol. The van der Waals surface area contributed by atoms with Crippen LogP contribution in [0.15, 0.2) is 36.4 Å². The SMILES string of the molecule is Cc1cc(F)ccc1CCNC(=O)c1c(C)cccc1N. The van der Waals surface area contributed by atoms with Crippen molar-refractivity contribution in [3.05, 3.63) is 64.5 Å². The van der Waals surface area contributed by atoms with Gasteiger partial charge in [-0.2, -0.15) is 0 Å². The molecule has 4 heteroatoms. The van der Waals surface area contributed by atoms with E-state index < -0.39 is 0 Å². The van der Waals surface area contributed by atoms with Crippen molar-refractivity contribution in [3.63, 3.8) is 0 Å². The number of rotatable bonds is 4. The number of amides is 1. The van der Waals surface area contributed by atoms with Gasteiger partial charge in [-0.05, 0) is 55.2 Å². The van der Waals surface area contributed by atoms with Crippen LogP contribution in [0, 0.1) is 19.7 Å². The molecule has 0 aromatic heterocycles. The van der Waals surface area contributed by atoms with Crippen molar-refractivity contribution in [2.45, 2.75) is 20.3 Å². The minimum Gasteiger partial charge on any atom is -0.398 e. The minimum atomic E-state index is -0.243. The Bertz CT molecular complexity index is 648.